The first kappa shape index (κ1) is 19.4. The number of amides is 2. The maximum Gasteiger partial charge on any atom is 0.292 e. The normalized spacial score (nSPS) is 13.7. The van der Waals surface area contributed by atoms with Gasteiger partial charge in [0.15, 0.2) is 0 Å². The lowest BCUT2D eigenvalue weighted by Gasteiger charge is -2.31. The number of nitrogens with zero attached hydrogens (tertiary/aromatic N) is 3. The number of carbonyl (C=O) groups excluding carboxylic acids is 2. The molecule has 9 heteroatoms. The summed E-state index contributed by atoms with van der Waals surface area (Å²) in [6, 6.07) is 5.01. The molecular formula is C18H19ClN4O3S. The minimum absolute atomic E-state index is 0.128. The maximum absolute atomic E-state index is 12.9. The van der Waals surface area contributed by atoms with Gasteiger partial charge in [-0.1, -0.05) is 17.7 Å². The number of carbonyl (C=O) groups is 2. The van der Waals surface area contributed by atoms with Gasteiger partial charge in [0.25, 0.3) is 5.56 Å². The highest BCUT2D eigenvalue weighted by atomic mass is 35.5. The van der Waals surface area contributed by atoms with Crippen LogP contribution in [0.15, 0.2) is 34.1 Å². The van der Waals surface area contributed by atoms with E-state index in [0.717, 1.165) is 10.2 Å². The van der Waals surface area contributed by atoms with E-state index in [4.69, 9.17) is 11.6 Å². The van der Waals surface area contributed by atoms with Gasteiger partial charge < -0.3 is 10.2 Å². The third-order valence-electron chi connectivity index (χ3n) is 4.13. The molecule has 2 heterocycles. The van der Waals surface area contributed by atoms with Gasteiger partial charge in [-0.3, -0.25) is 14.4 Å². The largest absolute Gasteiger partial charge is 0.324 e. The summed E-state index contributed by atoms with van der Waals surface area (Å²) in [5, 5.41) is 7.33. The molecule has 1 aliphatic rings. The molecule has 0 fully saturated rings. The van der Waals surface area contributed by atoms with Gasteiger partial charge >= 0.3 is 0 Å². The van der Waals surface area contributed by atoms with Crippen molar-refractivity contribution in [3.8, 4) is 0 Å². The van der Waals surface area contributed by atoms with Crippen LogP contribution in [0.3, 0.4) is 0 Å². The van der Waals surface area contributed by atoms with Crippen molar-refractivity contribution in [3.63, 3.8) is 0 Å². The van der Waals surface area contributed by atoms with E-state index in [-0.39, 0.29) is 29.9 Å². The fraction of sp³-hybridized carbons (Fsp3) is 0.333. The van der Waals surface area contributed by atoms with E-state index in [1.807, 2.05) is 20.8 Å². The van der Waals surface area contributed by atoms with E-state index < -0.39 is 11.5 Å². The number of aryl methyl sites for hydroxylation is 1. The maximum atomic E-state index is 12.9. The molecule has 1 aliphatic heterocycles. The van der Waals surface area contributed by atoms with Crippen LogP contribution >= 0.6 is 23.4 Å². The first-order valence-electron chi connectivity index (χ1n) is 8.39. The molecule has 3 rings (SSSR count). The minimum atomic E-state index is -0.459. The summed E-state index contributed by atoms with van der Waals surface area (Å²) in [6.45, 7) is 5.27. The molecule has 2 amide bonds. The molecule has 0 saturated heterocycles. The predicted octanol–water partition coefficient (Wildman–Crippen LogP) is 2.69. The SMILES string of the molecule is Cc1ccc(Cl)cc1NC(=O)Cn1ncc2c(c1=O)N(C(C)C)C(=O)CS2. The average Bonchev–Trinajstić information content (AvgIpc) is 2.60. The summed E-state index contributed by atoms with van der Waals surface area (Å²) in [6.07, 6.45) is 1.53. The predicted molar refractivity (Wildman–Crippen MR) is 107 cm³/mol. The van der Waals surface area contributed by atoms with Gasteiger partial charge in [0.1, 0.15) is 12.2 Å². The molecule has 0 atom stereocenters. The summed E-state index contributed by atoms with van der Waals surface area (Å²) in [5.74, 6) is -0.262. The lowest BCUT2D eigenvalue weighted by molar-refractivity contribution is -0.117. The van der Waals surface area contributed by atoms with Crippen LogP contribution in [0.25, 0.3) is 0 Å². The highest BCUT2D eigenvalue weighted by Crippen LogP contribution is 2.32. The number of nitrogens with one attached hydrogen (secondary N) is 1. The summed E-state index contributed by atoms with van der Waals surface area (Å²) in [7, 11) is 0. The van der Waals surface area contributed by atoms with Crippen LogP contribution in [0.2, 0.25) is 5.02 Å². The number of benzene rings is 1. The van der Waals surface area contributed by atoms with Crippen LogP contribution < -0.4 is 15.8 Å². The van der Waals surface area contributed by atoms with Gasteiger partial charge in [0.05, 0.1) is 16.8 Å². The molecule has 1 aromatic carbocycles. The number of fused-ring (bicyclic) bond motifs is 1. The minimum Gasteiger partial charge on any atom is -0.324 e. The van der Waals surface area contributed by atoms with Crippen LogP contribution in [-0.2, 0) is 16.1 Å². The average molecular weight is 407 g/mol. The highest BCUT2D eigenvalue weighted by Gasteiger charge is 2.30. The summed E-state index contributed by atoms with van der Waals surface area (Å²) >= 11 is 7.25. The van der Waals surface area contributed by atoms with Crippen LogP contribution in [0, 0.1) is 6.92 Å². The van der Waals surface area contributed by atoms with Crippen molar-refractivity contribution in [1.82, 2.24) is 9.78 Å². The van der Waals surface area contributed by atoms with E-state index in [9.17, 15) is 14.4 Å². The summed E-state index contributed by atoms with van der Waals surface area (Å²) < 4.78 is 1.07. The van der Waals surface area contributed by atoms with Crippen LogP contribution in [0.1, 0.15) is 19.4 Å². The molecule has 0 bridgehead atoms. The van der Waals surface area contributed by atoms with Crippen LogP contribution in [0.4, 0.5) is 11.4 Å². The Balaban J connectivity index is 1.88. The second kappa shape index (κ2) is 7.74. The van der Waals surface area contributed by atoms with Gasteiger partial charge in [-0.05, 0) is 38.5 Å². The van der Waals surface area contributed by atoms with Crippen molar-refractivity contribution in [2.75, 3.05) is 16.0 Å². The van der Waals surface area contributed by atoms with E-state index in [1.54, 1.807) is 18.2 Å². The lowest BCUT2D eigenvalue weighted by Crippen LogP contribution is -2.45. The van der Waals surface area contributed by atoms with Gasteiger partial charge in [0, 0.05) is 16.8 Å². The van der Waals surface area contributed by atoms with E-state index in [2.05, 4.69) is 10.4 Å². The van der Waals surface area contributed by atoms with Crippen molar-refractivity contribution < 1.29 is 9.59 Å². The Kier molecular flexibility index (Phi) is 5.57. The highest BCUT2D eigenvalue weighted by molar-refractivity contribution is 8.00. The van der Waals surface area contributed by atoms with Gasteiger partial charge in [-0.15, -0.1) is 11.8 Å². The summed E-state index contributed by atoms with van der Waals surface area (Å²) in [5.41, 5.74) is 1.26. The van der Waals surface area contributed by atoms with Gasteiger partial charge in [-0.2, -0.15) is 5.10 Å². The molecule has 1 aromatic heterocycles. The Hall–Kier alpha value is -2.32. The molecule has 7 nitrogen and oxygen atoms in total. The molecule has 2 aromatic rings. The molecule has 0 aliphatic carbocycles. The van der Waals surface area contributed by atoms with Gasteiger partial charge in [0.2, 0.25) is 11.8 Å². The number of anilines is 2. The molecular weight excluding hydrogens is 388 g/mol. The second-order valence-electron chi connectivity index (χ2n) is 6.47. The first-order valence-corrected chi connectivity index (χ1v) is 9.75. The fourth-order valence-electron chi connectivity index (χ4n) is 2.84. The molecule has 0 saturated carbocycles. The Morgan fingerprint density at radius 3 is 2.81 bits per heavy atom. The molecule has 0 radical (unpaired) electrons. The third-order valence-corrected chi connectivity index (χ3v) is 5.37. The molecule has 27 heavy (non-hydrogen) atoms. The molecule has 0 spiro atoms. The fourth-order valence-corrected chi connectivity index (χ4v) is 3.87. The number of hydrogen-bond acceptors (Lipinski definition) is 5. The summed E-state index contributed by atoms with van der Waals surface area (Å²) in [4.78, 5) is 39.6. The van der Waals surface area contributed by atoms with Crippen molar-refractivity contribution in [3.05, 3.63) is 45.3 Å². The van der Waals surface area contributed by atoms with E-state index in [0.29, 0.717) is 15.6 Å². The smallest absolute Gasteiger partial charge is 0.292 e. The number of thioether (sulfide) groups is 1. The van der Waals surface area contributed by atoms with E-state index >= 15 is 0 Å². The Labute approximate surface area is 165 Å². The second-order valence-corrected chi connectivity index (χ2v) is 7.93. The topological polar surface area (TPSA) is 84.3 Å². The van der Waals surface area contributed by atoms with Crippen molar-refractivity contribution in [2.24, 2.45) is 0 Å². The van der Waals surface area contributed by atoms with Crippen LogP contribution in [-0.4, -0.2) is 33.4 Å². The van der Waals surface area contributed by atoms with Gasteiger partial charge in [-0.25, -0.2) is 4.68 Å². The zero-order valence-electron chi connectivity index (χ0n) is 15.2. The first-order chi connectivity index (χ1) is 12.8. The van der Waals surface area contributed by atoms with E-state index in [1.165, 1.54) is 22.9 Å². The lowest BCUT2D eigenvalue weighted by atomic mass is 10.2. The molecule has 142 valence electrons. The Morgan fingerprint density at radius 2 is 2.11 bits per heavy atom. The van der Waals surface area contributed by atoms with Crippen molar-refractivity contribution in [2.45, 2.75) is 38.3 Å². The molecule has 0 unspecified atom stereocenters. The standard InChI is InChI=1S/C18H19ClN4O3S/c1-10(2)23-16(25)9-27-14-7-20-22(18(26)17(14)23)8-15(24)21-13-6-12(19)5-4-11(13)3/h4-7,10H,8-9H2,1-3H3,(H,21,24). The number of hydrogen-bond donors (Lipinski definition) is 1. The Morgan fingerprint density at radius 1 is 1.37 bits per heavy atom. The monoisotopic (exact) mass is 406 g/mol. The number of aromatic nitrogens is 2. The third kappa shape index (κ3) is 4.01. The van der Waals surface area contributed by atoms with Crippen molar-refractivity contribution in [1.29, 1.82) is 0 Å². The quantitative estimate of drug-likeness (QED) is 0.843. The van der Waals surface area contributed by atoms with Crippen molar-refractivity contribution >= 4 is 46.6 Å². The Bertz CT molecular complexity index is 974. The number of rotatable bonds is 4. The van der Waals surface area contributed by atoms with Crippen LogP contribution in [0.5, 0.6) is 0 Å². The number of halogens is 1. The molecule has 1 N–H and O–H groups in total. The zero-order chi connectivity index (χ0) is 19.7. The zero-order valence-corrected chi connectivity index (χ0v) is 16.7.